The summed E-state index contributed by atoms with van der Waals surface area (Å²) in [6.45, 7) is 4.61. The number of ether oxygens (including phenoxy) is 2. The first-order valence-electron chi connectivity index (χ1n) is 6.35. The number of hydrogen-bond donors (Lipinski definition) is 0. The van der Waals surface area contributed by atoms with Gasteiger partial charge in [0.2, 0.25) is 0 Å². The van der Waals surface area contributed by atoms with Crippen molar-refractivity contribution >= 4 is 5.71 Å². The minimum Gasteiger partial charge on any atom is -0.497 e. The molecule has 1 heterocycles. The van der Waals surface area contributed by atoms with Crippen molar-refractivity contribution in [3.63, 3.8) is 0 Å². The molecule has 1 aromatic rings. The molecule has 0 saturated carbocycles. The zero-order chi connectivity index (χ0) is 13.7. The van der Waals surface area contributed by atoms with Gasteiger partial charge in [-0.3, -0.25) is 4.99 Å². The van der Waals surface area contributed by atoms with Crippen molar-refractivity contribution in [2.45, 2.75) is 26.9 Å². The third-order valence-electron chi connectivity index (χ3n) is 3.05. The first kappa shape index (κ1) is 13.4. The summed E-state index contributed by atoms with van der Waals surface area (Å²) in [5, 5.41) is 0. The number of hydrogen-bond acceptors (Lipinski definition) is 3. The van der Waals surface area contributed by atoms with Crippen molar-refractivity contribution < 1.29 is 9.47 Å². The number of methoxy groups -OCH3 is 1. The molecule has 0 bridgehead atoms. The summed E-state index contributed by atoms with van der Waals surface area (Å²) in [4.78, 5) is 4.35. The predicted molar refractivity (Wildman–Crippen MR) is 77.3 cm³/mol. The molecule has 0 aliphatic carbocycles. The minimum absolute atomic E-state index is 0.537. The van der Waals surface area contributed by atoms with Gasteiger partial charge in [-0.25, -0.2) is 0 Å². The van der Waals surface area contributed by atoms with E-state index >= 15 is 0 Å². The van der Waals surface area contributed by atoms with Crippen LogP contribution in [-0.4, -0.2) is 12.8 Å². The van der Waals surface area contributed by atoms with Crippen molar-refractivity contribution in [3.8, 4) is 5.75 Å². The highest BCUT2D eigenvalue weighted by atomic mass is 16.5. The van der Waals surface area contributed by atoms with Crippen LogP contribution < -0.4 is 4.74 Å². The molecule has 1 aliphatic heterocycles. The summed E-state index contributed by atoms with van der Waals surface area (Å²) in [5.41, 5.74) is 3.34. The lowest BCUT2D eigenvalue weighted by Gasteiger charge is -2.10. The molecule has 0 fully saturated rings. The molecule has 0 radical (unpaired) electrons. The van der Waals surface area contributed by atoms with Crippen molar-refractivity contribution in [2.24, 2.45) is 4.99 Å². The fourth-order valence-electron chi connectivity index (χ4n) is 1.76. The van der Waals surface area contributed by atoms with Crippen molar-refractivity contribution in [1.82, 2.24) is 0 Å². The summed E-state index contributed by atoms with van der Waals surface area (Å²) in [6.07, 6.45) is 4.83. The summed E-state index contributed by atoms with van der Waals surface area (Å²) in [7, 11) is 1.66. The Bertz CT molecular complexity index is 524. The summed E-state index contributed by atoms with van der Waals surface area (Å²) in [6, 6.07) is 7.88. The van der Waals surface area contributed by atoms with Crippen molar-refractivity contribution in [3.05, 3.63) is 53.4 Å². The lowest BCUT2D eigenvalue weighted by Crippen LogP contribution is -1.95. The van der Waals surface area contributed by atoms with Gasteiger partial charge in [-0.1, -0.05) is 18.2 Å². The van der Waals surface area contributed by atoms with Gasteiger partial charge in [-0.05, 0) is 37.1 Å². The molecule has 0 saturated heterocycles. The molecule has 0 amide bonds. The van der Waals surface area contributed by atoms with Crippen LogP contribution in [0.3, 0.4) is 0 Å². The van der Waals surface area contributed by atoms with E-state index in [9.17, 15) is 0 Å². The number of nitrogens with zero attached hydrogens (tertiary/aromatic N) is 1. The molecule has 0 unspecified atom stereocenters. The zero-order valence-corrected chi connectivity index (χ0v) is 11.6. The highest BCUT2D eigenvalue weighted by Gasteiger charge is 2.05. The molecule has 0 N–H and O–H groups in total. The molecule has 0 spiro atoms. The zero-order valence-electron chi connectivity index (χ0n) is 11.6. The third kappa shape index (κ3) is 3.71. The molecule has 2 rings (SSSR count). The molecular formula is C16H19NO2. The SMILES string of the molecule is COc1ccc(COC2=CN=C(C)CC=C2C)cc1. The van der Waals surface area contributed by atoms with Gasteiger partial charge in [0.25, 0.3) is 0 Å². The average molecular weight is 257 g/mol. The van der Waals surface area contributed by atoms with Crippen molar-refractivity contribution in [1.29, 1.82) is 0 Å². The van der Waals surface area contributed by atoms with Crippen LogP contribution in [-0.2, 0) is 11.3 Å². The van der Waals surface area contributed by atoms with E-state index in [-0.39, 0.29) is 0 Å². The minimum atomic E-state index is 0.537. The van der Waals surface area contributed by atoms with Gasteiger partial charge >= 0.3 is 0 Å². The van der Waals surface area contributed by atoms with Gasteiger partial charge in [-0.2, -0.15) is 0 Å². The molecule has 1 aromatic carbocycles. The van der Waals surface area contributed by atoms with Crippen LogP contribution >= 0.6 is 0 Å². The highest BCUT2D eigenvalue weighted by molar-refractivity contribution is 5.84. The van der Waals surface area contributed by atoms with Crippen LogP contribution in [0, 0.1) is 0 Å². The molecule has 3 nitrogen and oxygen atoms in total. The summed E-state index contributed by atoms with van der Waals surface area (Å²) < 4.78 is 11.0. The molecule has 0 atom stereocenters. The fraction of sp³-hybridized carbons (Fsp3) is 0.312. The average Bonchev–Trinajstić information content (AvgIpc) is 2.60. The van der Waals surface area contributed by atoms with Gasteiger partial charge < -0.3 is 9.47 Å². The van der Waals surface area contributed by atoms with Crippen molar-refractivity contribution in [2.75, 3.05) is 7.11 Å². The Kier molecular flexibility index (Phi) is 4.39. The maximum Gasteiger partial charge on any atom is 0.140 e. The topological polar surface area (TPSA) is 30.8 Å². The predicted octanol–water partition coefficient (Wildman–Crippen LogP) is 3.86. The van der Waals surface area contributed by atoms with Gasteiger partial charge in [0.15, 0.2) is 0 Å². The number of rotatable bonds is 4. The Hall–Kier alpha value is -2.03. The molecule has 100 valence electrons. The van der Waals surface area contributed by atoms with Crippen LogP contribution in [0.2, 0.25) is 0 Å². The van der Waals surface area contributed by atoms with Gasteiger partial charge in [-0.15, -0.1) is 0 Å². The highest BCUT2D eigenvalue weighted by Crippen LogP contribution is 2.19. The molecule has 3 heteroatoms. The Labute approximate surface area is 114 Å². The standard InChI is InChI=1S/C16H19NO2/c1-12-4-5-13(2)17-10-16(12)19-11-14-6-8-15(18-3)9-7-14/h4,6-10H,5,11H2,1-3H3. The van der Waals surface area contributed by atoms with Gasteiger partial charge in [0, 0.05) is 12.1 Å². The lowest BCUT2D eigenvalue weighted by molar-refractivity contribution is 0.206. The molecule has 0 aromatic heterocycles. The van der Waals surface area contributed by atoms with E-state index < -0.39 is 0 Å². The van der Waals surface area contributed by atoms with Gasteiger partial charge in [0.05, 0.1) is 13.3 Å². The second-order valence-corrected chi connectivity index (χ2v) is 4.59. The quantitative estimate of drug-likeness (QED) is 0.820. The van der Waals surface area contributed by atoms with E-state index in [4.69, 9.17) is 9.47 Å². The number of aliphatic imine (C=N–C) groups is 1. The maximum atomic E-state index is 5.83. The van der Waals surface area contributed by atoms with E-state index in [0.29, 0.717) is 6.61 Å². The Morgan fingerprint density at radius 1 is 1.16 bits per heavy atom. The largest absolute Gasteiger partial charge is 0.497 e. The smallest absolute Gasteiger partial charge is 0.140 e. The molecular weight excluding hydrogens is 238 g/mol. The van der Waals surface area contributed by atoms with E-state index in [2.05, 4.69) is 11.1 Å². The third-order valence-corrected chi connectivity index (χ3v) is 3.05. The Morgan fingerprint density at radius 3 is 2.58 bits per heavy atom. The maximum absolute atomic E-state index is 5.83. The normalized spacial score (nSPS) is 15.0. The Balaban J connectivity index is 2.01. The van der Waals surface area contributed by atoms with E-state index in [1.807, 2.05) is 38.1 Å². The van der Waals surface area contributed by atoms with Crippen LogP contribution in [0.5, 0.6) is 5.75 Å². The molecule has 19 heavy (non-hydrogen) atoms. The van der Waals surface area contributed by atoms with Gasteiger partial charge in [0.1, 0.15) is 18.1 Å². The number of allylic oxidation sites excluding steroid dienone is 2. The van der Waals surface area contributed by atoms with Crippen LogP contribution in [0.4, 0.5) is 0 Å². The molecule has 1 aliphatic rings. The van der Waals surface area contributed by atoms with Crippen LogP contribution in [0.25, 0.3) is 0 Å². The monoisotopic (exact) mass is 257 g/mol. The van der Waals surface area contributed by atoms with E-state index in [0.717, 1.165) is 34.8 Å². The van der Waals surface area contributed by atoms with Crippen LogP contribution in [0.15, 0.2) is 52.9 Å². The second-order valence-electron chi connectivity index (χ2n) is 4.59. The summed E-state index contributed by atoms with van der Waals surface area (Å²) in [5.74, 6) is 1.70. The fourth-order valence-corrected chi connectivity index (χ4v) is 1.76. The van der Waals surface area contributed by atoms with E-state index in [1.54, 1.807) is 13.3 Å². The second kappa shape index (κ2) is 6.23. The Morgan fingerprint density at radius 2 is 1.89 bits per heavy atom. The lowest BCUT2D eigenvalue weighted by atomic mass is 10.2. The first-order chi connectivity index (χ1) is 9.19. The van der Waals surface area contributed by atoms with Crippen LogP contribution in [0.1, 0.15) is 25.8 Å². The summed E-state index contributed by atoms with van der Waals surface area (Å²) >= 11 is 0. The first-order valence-corrected chi connectivity index (χ1v) is 6.35. The van der Waals surface area contributed by atoms with E-state index in [1.165, 1.54) is 0 Å². The number of benzene rings is 1.